The summed E-state index contributed by atoms with van der Waals surface area (Å²) in [4.78, 5) is 23.3. The zero-order chi connectivity index (χ0) is 14.2. The molecule has 1 aromatic rings. The minimum Gasteiger partial charge on any atom is -0.273 e. The highest BCUT2D eigenvalue weighted by molar-refractivity contribution is 5.83. The van der Waals surface area contributed by atoms with E-state index in [0.717, 1.165) is 12.0 Å². The molecule has 0 unspecified atom stereocenters. The number of carbonyl (C=O) groups is 2. The quantitative estimate of drug-likeness (QED) is 0.810. The van der Waals surface area contributed by atoms with Gasteiger partial charge < -0.3 is 0 Å². The van der Waals surface area contributed by atoms with Crippen molar-refractivity contribution in [3.8, 4) is 0 Å². The van der Waals surface area contributed by atoms with E-state index in [1.165, 1.54) is 25.7 Å². The van der Waals surface area contributed by atoms with Gasteiger partial charge >= 0.3 is 0 Å². The van der Waals surface area contributed by atoms with Gasteiger partial charge in [-0.15, -0.1) is 0 Å². The fourth-order valence-corrected chi connectivity index (χ4v) is 2.66. The maximum Gasteiger partial charge on any atom is 0.242 e. The lowest BCUT2D eigenvalue weighted by Crippen LogP contribution is -2.42. The van der Waals surface area contributed by atoms with Crippen LogP contribution in [0.3, 0.4) is 0 Å². The lowest BCUT2D eigenvalue weighted by Gasteiger charge is -2.10. The maximum atomic E-state index is 11.7. The number of nitrogens with one attached hydrogen (secondary N) is 2. The molecule has 1 aliphatic carbocycles. The molecule has 0 heterocycles. The molecule has 2 rings (SSSR count). The first kappa shape index (κ1) is 14.6. The van der Waals surface area contributed by atoms with Crippen LogP contribution in [0.4, 0.5) is 0 Å². The standard InChI is InChI=1S/C16H22N2O2/c19-15(11-10-13-6-4-5-7-13)17-18-16(20)12-14-8-2-1-3-9-14/h1-3,8-9,13H,4-7,10-12H2,(H,17,19)(H,18,20). The molecule has 108 valence electrons. The Morgan fingerprint density at radius 1 is 1.00 bits per heavy atom. The Morgan fingerprint density at radius 3 is 2.35 bits per heavy atom. The summed E-state index contributed by atoms with van der Waals surface area (Å²) >= 11 is 0. The fraction of sp³-hybridized carbons (Fsp3) is 0.500. The van der Waals surface area contributed by atoms with Crippen molar-refractivity contribution in [3.05, 3.63) is 35.9 Å². The van der Waals surface area contributed by atoms with E-state index >= 15 is 0 Å². The molecule has 4 nitrogen and oxygen atoms in total. The molecule has 0 bridgehead atoms. The SMILES string of the molecule is O=C(CCC1CCCC1)NNC(=O)Cc1ccccc1. The average molecular weight is 274 g/mol. The normalized spacial score (nSPS) is 15.0. The van der Waals surface area contributed by atoms with Gasteiger partial charge in [0.25, 0.3) is 0 Å². The summed E-state index contributed by atoms with van der Waals surface area (Å²) in [5.74, 6) is 0.407. The lowest BCUT2D eigenvalue weighted by atomic mass is 10.0. The van der Waals surface area contributed by atoms with Gasteiger partial charge in [0.15, 0.2) is 0 Å². The summed E-state index contributed by atoms with van der Waals surface area (Å²) < 4.78 is 0. The number of amides is 2. The second kappa shape index (κ2) is 7.68. The van der Waals surface area contributed by atoms with Gasteiger partial charge in [-0.05, 0) is 17.9 Å². The van der Waals surface area contributed by atoms with Crippen LogP contribution in [0.2, 0.25) is 0 Å². The predicted octanol–water partition coefficient (Wildman–Crippen LogP) is 2.35. The first-order chi connectivity index (χ1) is 9.74. The highest BCUT2D eigenvalue weighted by Crippen LogP contribution is 2.28. The van der Waals surface area contributed by atoms with Gasteiger partial charge in [0.2, 0.25) is 11.8 Å². The average Bonchev–Trinajstić information content (AvgIpc) is 2.97. The van der Waals surface area contributed by atoms with Crippen molar-refractivity contribution in [2.45, 2.75) is 44.9 Å². The molecular weight excluding hydrogens is 252 g/mol. The van der Waals surface area contributed by atoms with Crippen LogP contribution in [0.1, 0.15) is 44.1 Å². The Morgan fingerprint density at radius 2 is 1.65 bits per heavy atom. The van der Waals surface area contributed by atoms with Crippen molar-refractivity contribution >= 4 is 11.8 Å². The van der Waals surface area contributed by atoms with E-state index < -0.39 is 0 Å². The molecule has 0 atom stereocenters. The van der Waals surface area contributed by atoms with E-state index in [1.54, 1.807) is 0 Å². The summed E-state index contributed by atoms with van der Waals surface area (Å²) in [5, 5.41) is 0. The smallest absolute Gasteiger partial charge is 0.242 e. The molecule has 1 saturated carbocycles. The molecule has 20 heavy (non-hydrogen) atoms. The zero-order valence-electron chi connectivity index (χ0n) is 11.7. The number of hydrazine groups is 1. The Hall–Kier alpha value is -1.84. The van der Waals surface area contributed by atoms with Gasteiger partial charge in [-0.25, -0.2) is 0 Å². The summed E-state index contributed by atoms with van der Waals surface area (Å²) in [7, 11) is 0. The number of hydrogen-bond donors (Lipinski definition) is 2. The van der Waals surface area contributed by atoms with Crippen molar-refractivity contribution in [3.63, 3.8) is 0 Å². The van der Waals surface area contributed by atoms with Crippen LogP contribution in [0.5, 0.6) is 0 Å². The van der Waals surface area contributed by atoms with Crippen molar-refractivity contribution in [2.24, 2.45) is 5.92 Å². The molecule has 2 amide bonds. The minimum atomic E-state index is -0.189. The van der Waals surface area contributed by atoms with Gasteiger partial charge in [0.1, 0.15) is 0 Å². The molecule has 0 aromatic heterocycles. The molecule has 1 aliphatic rings. The first-order valence-corrected chi connectivity index (χ1v) is 7.35. The van der Waals surface area contributed by atoms with Crippen molar-refractivity contribution < 1.29 is 9.59 Å². The Labute approximate surface area is 119 Å². The molecule has 1 aromatic carbocycles. The van der Waals surface area contributed by atoms with Crippen LogP contribution in [-0.2, 0) is 16.0 Å². The summed E-state index contributed by atoms with van der Waals surface area (Å²) in [6, 6.07) is 9.47. The van der Waals surface area contributed by atoms with Crippen LogP contribution in [0.25, 0.3) is 0 Å². The predicted molar refractivity (Wildman–Crippen MR) is 77.6 cm³/mol. The molecule has 0 spiro atoms. The number of benzene rings is 1. The molecule has 4 heteroatoms. The molecule has 0 saturated heterocycles. The van der Waals surface area contributed by atoms with E-state index in [1.807, 2.05) is 30.3 Å². The zero-order valence-corrected chi connectivity index (χ0v) is 11.7. The Kier molecular flexibility index (Phi) is 5.59. The van der Waals surface area contributed by atoms with E-state index in [-0.39, 0.29) is 18.2 Å². The molecule has 0 aliphatic heterocycles. The van der Waals surface area contributed by atoms with Crippen molar-refractivity contribution in [1.29, 1.82) is 0 Å². The monoisotopic (exact) mass is 274 g/mol. The summed E-state index contributed by atoms with van der Waals surface area (Å²) in [6.07, 6.45) is 6.78. The molecule has 0 radical (unpaired) electrons. The first-order valence-electron chi connectivity index (χ1n) is 7.35. The number of hydrogen-bond acceptors (Lipinski definition) is 2. The number of carbonyl (C=O) groups excluding carboxylic acids is 2. The van der Waals surface area contributed by atoms with Gasteiger partial charge in [-0.2, -0.15) is 0 Å². The van der Waals surface area contributed by atoms with Gasteiger partial charge in [-0.1, -0.05) is 56.0 Å². The highest BCUT2D eigenvalue weighted by atomic mass is 16.2. The van der Waals surface area contributed by atoms with Crippen LogP contribution < -0.4 is 10.9 Å². The fourth-order valence-electron chi connectivity index (χ4n) is 2.66. The van der Waals surface area contributed by atoms with Crippen LogP contribution in [0, 0.1) is 5.92 Å². The third kappa shape index (κ3) is 5.03. The molecular formula is C16H22N2O2. The van der Waals surface area contributed by atoms with Crippen molar-refractivity contribution in [2.75, 3.05) is 0 Å². The van der Waals surface area contributed by atoms with Gasteiger partial charge in [0.05, 0.1) is 6.42 Å². The third-order valence-corrected chi connectivity index (χ3v) is 3.80. The van der Waals surface area contributed by atoms with Gasteiger partial charge in [-0.3, -0.25) is 20.4 Å². The van der Waals surface area contributed by atoms with E-state index in [9.17, 15) is 9.59 Å². The summed E-state index contributed by atoms with van der Waals surface area (Å²) in [6.45, 7) is 0. The lowest BCUT2D eigenvalue weighted by molar-refractivity contribution is -0.128. The van der Waals surface area contributed by atoms with Crippen LogP contribution >= 0.6 is 0 Å². The molecule has 1 fully saturated rings. The highest BCUT2D eigenvalue weighted by Gasteiger charge is 2.16. The van der Waals surface area contributed by atoms with Crippen molar-refractivity contribution in [1.82, 2.24) is 10.9 Å². The topological polar surface area (TPSA) is 58.2 Å². The number of rotatable bonds is 5. The summed E-state index contributed by atoms with van der Waals surface area (Å²) in [5.41, 5.74) is 5.89. The van der Waals surface area contributed by atoms with Crippen LogP contribution in [0.15, 0.2) is 30.3 Å². The van der Waals surface area contributed by atoms with Crippen LogP contribution in [-0.4, -0.2) is 11.8 Å². The molecule has 2 N–H and O–H groups in total. The Bertz CT molecular complexity index is 439. The second-order valence-corrected chi connectivity index (χ2v) is 5.45. The van der Waals surface area contributed by atoms with E-state index in [0.29, 0.717) is 12.3 Å². The minimum absolute atomic E-state index is 0.0988. The van der Waals surface area contributed by atoms with E-state index in [2.05, 4.69) is 10.9 Å². The second-order valence-electron chi connectivity index (χ2n) is 5.45. The van der Waals surface area contributed by atoms with Gasteiger partial charge in [0, 0.05) is 6.42 Å². The Balaban J connectivity index is 1.61. The largest absolute Gasteiger partial charge is 0.273 e. The van der Waals surface area contributed by atoms with E-state index in [4.69, 9.17) is 0 Å². The maximum absolute atomic E-state index is 11.7. The third-order valence-electron chi connectivity index (χ3n) is 3.80.